The van der Waals surface area contributed by atoms with Crippen LogP contribution in [0.25, 0.3) is 0 Å². The van der Waals surface area contributed by atoms with Crippen LogP contribution >= 0.6 is 11.6 Å². The van der Waals surface area contributed by atoms with Crippen LogP contribution in [0.1, 0.15) is 50.3 Å². The van der Waals surface area contributed by atoms with E-state index in [1.807, 2.05) is 24.3 Å². The van der Waals surface area contributed by atoms with Crippen molar-refractivity contribution < 1.29 is 17.9 Å². The largest absolute Gasteiger partial charge is 0.497 e. The van der Waals surface area contributed by atoms with Crippen molar-refractivity contribution >= 4 is 27.5 Å². The summed E-state index contributed by atoms with van der Waals surface area (Å²) in [5.41, 5.74) is 1.63. The lowest BCUT2D eigenvalue weighted by Crippen LogP contribution is -2.44. The Balaban J connectivity index is 1.60. The summed E-state index contributed by atoms with van der Waals surface area (Å²) >= 11 is 6.14. The third-order valence-electron chi connectivity index (χ3n) is 6.06. The van der Waals surface area contributed by atoms with E-state index in [0.717, 1.165) is 17.7 Å². The molecule has 1 atom stereocenters. The minimum Gasteiger partial charge on any atom is -0.497 e. The summed E-state index contributed by atoms with van der Waals surface area (Å²) in [7, 11) is -1.86. The maximum Gasteiger partial charge on any atom is 0.223 e. The van der Waals surface area contributed by atoms with Crippen molar-refractivity contribution in [2.45, 2.75) is 44.9 Å². The fourth-order valence-electron chi connectivity index (χ4n) is 4.17. The topological polar surface area (TPSA) is 75.7 Å². The summed E-state index contributed by atoms with van der Waals surface area (Å²) < 4.78 is 32.5. The first-order valence-corrected chi connectivity index (χ1v) is 13.3. The molecule has 1 aliphatic heterocycles. The average Bonchev–Trinajstić information content (AvgIpc) is 2.80. The number of halogens is 1. The van der Waals surface area contributed by atoms with Gasteiger partial charge in [0.05, 0.1) is 18.9 Å². The van der Waals surface area contributed by atoms with Crippen LogP contribution in [0.15, 0.2) is 48.5 Å². The van der Waals surface area contributed by atoms with Gasteiger partial charge in [-0.3, -0.25) is 4.79 Å². The second-order valence-electron chi connectivity index (χ2n) is 8.98. The Labute approximate surface area is 202 Å². The molecule has 2 aromatic carbocycles. The number of ether oxygens (including phenoxy) is 1. The Morgan fingerprint density at radius 3 is 2.33 bits per heavy atom. The van der Waals surface area contributed by atoms with Gasteiger partial charge in [-0.25, -0.2) is 12.7 Å². The van der Waals surface area contributed by atoms with Gasteiger partial charge in [0.15, 0.2) is 0 Å². The molecule has 0 unspecified atom stereocenters. The number of nitrogens with zero attached hydrogens (tertiary/aromatic N) is 1. The fraction of sp³-hybridized carbons (Fsp3) is 0.480. The fourth-order valence-corrected chi connectivity index (χ4v) is 6.05. The molecular weight excluding hydrogens is 460 g/mol. The summed E-state index contributed by atoms with van der Waals surface area (Å²) in [6, 6.07) is 14.7. The highest BCUT2D eigenvalue weighted by atomic mass is 35.5. The SMILES string of the molecule is COc1ccc([C@@H](CC(C)C)NC(=O)C2CCN(S(=O)(=O)Cc3ccccc3Cl)CC2)cc1. The second kappa shape index (κ2) is 11.4. The molecular formula is C25H33ClN2O4S. The average molecular weight is 493 g/mol. The van der Waals surface area contributed by atoms with E-state index in [-0.39, 0.29) is 23.6 Å². The molecule has 0 radical (unpaired) electrons. The second-order valence-corrected chi connectivity index (χ2v) is 11.4. The number of piperidine rings is 1. The monoisotopic (exact) mass is 492 g/mol. The van der Waals surface area contributed by atoms with E-state index in [1.165, 1.54) is 4.31 Å². The maximum atomic E-state index is 13.1. The van der Waals surface area contributed by atoms with Crippen LogP contribution in [0.4, 0.5) is 0 Å². The zero-order chi connectivity index (χ0) is 24.0. The molecule has 8 heteroatoms. The van der Waals surface area contributed by atoms with E-state index in [1.54, 1.807) is 31.4 Å². The molecule has 0 spiro atoms. The smallest absolute Gasteiger partial charge is 0.223 e. The van der Waals surface area contributed by atoms with Gasteiger partial charge in [-0.05, 0) is 54.5 Å². The van der Waals surface area contributed by atoms with Gasteiger partial charge in [-0.1, -0.05) is 55.8 Å². The van der Waals surface area contributed by atoms with E-state index in [2.05, 4.69) is 19.2 Å². The molecule has 1 N–H and O–H groups in total. The summed E-state index contributed by atoms with van der Waals surface area (Å²) in [6.45, 7) is 4.93. The Bertz CT molecular complexity index is 1030. The van der Waals surface area contributed by atoms with E-state index in [9.17, 15) is 13.2 Å². The van der Waals surface area contributed by atoms with E-state index >= 15 is 0 Å². The van der Waals surface area contributed by atoms with Crippen LogP contribution in [-0.2, 0) is 20.6 Å². The molecule has 33 heavy (non-hydrogen) atoms. The van der Waals surface area contributed by atoms with Gasteiger partial charge in [0.2, 0.25) is 15.9 Å². The van der Waals surface area contributed by atoms with Crippen molar-refractivity contribution in [1.29, 1.82) is 0 Å². The molecule has 3 rings (SSSR count). The first-order valence-electron chi connectivity index (χ1n) is 11.3. The first kappa shape index (κ1) is 25.5. The number of benzene rings is 2. The van der Waals surface area contributed by atoms with Crippen molar-refractivity contribution in [2.24, 2.45) is 11.8 Å². The Morgan fingerprint density at radius 1 is 1.12 bits per heavy atom. The normalized spacial score (nSPS) is 16.5. The zero-order valence-electron chi connectivity index (χ0n) is 19.5. The third kappa shape index (κ3) is 6.95. The van der Waals surface area contributed by atoms with Crippen LogP contribution in [-0.4, -0.2) is 38.8 Å². The van der Waals surface area contributed by atoms with Gasteiger partial charge in [0.1, 0.15) is 5.75 Å². The molecule has 2 aromatic rings. The van der Waals surface area contributed by atoms with Crippen molar-refractivity contribution in [2.75, 3.05) is 20.2 Å². The Kier molecular flexibility index (Phi) is 8.79. The lowest BCUT2D eigenvalue weighted by molar-refractivity contribution is -0.127. The number of rotatable bonds is 9. The van der Waals surface area contributed by atoms with Crippen molar-refractivity contribution in [1.82, 2.24) is 9.62 Å². The summed E-state index contributed by atoms with van der Waals surface area (Å²) in [4.78, 5) is 13.1. The minimum absolute atomic E-state index is 0.0142. The van der Waals surface area contributed by atoms with Crippen molar-refractivity contribution in [3.63, 3.8) is 0 Å². The predicted octanol–water partition coefficient (Wildman–Crippen LogP) is 4.79. The first-order chi connectivity index (χ1) is 15.7. The third-order valence-corrected chi connectivity index (χ3v) is 8.25. The number of hydrogen-bond acceptors (Lipinski definition) is 4. The van der Waals surface area contributed by atoms with Crippen molar-refractivity contribution in [3.05, 3.63) is 64.7 Å². The van der Waals surface area contributed by atoms with E-state index < -0.39 is 10.0 Å². The maximum absolute atomic E-state index is 13.1. The number of sulfonamides is 1. The van der Waals surface area contributed by atoms with Gasteiger partial charge in [-0.15, -0.1) is 0 Å². The lowest BCUT2D eigenvalue weighted by Gasteiger charge is -2.32. The van der Waals surface area contributed by atoms with Crippen LogP contribution in [0.5, 0.6) is 5.75 Å². The molecule has 1 aliphatic rings. The Morgan fingerprint density at radius 2 is 1.76 bits per heavy atom. The van der Waals surface area contributed by atoms with Gasteiger partial charge in [0.25, 0.3) is 0 Å². The van der Waals surface area contributed by atoms with Gasteiger partial charge in [-0.2, -0.15) is 0 Å². The zero-order valence-corrected chi connectivity index (χ0v) is 21.0. The highest BCUT2D eigenvalue weighted by molar-refractivity contribution is 7.88. The molecule has 0 aromatic heterocycles. The minimum atomic E-state index is -3.49. The number of hydrogen-bond donors (Lipinski definition) is 1. The van der Waals surface area contributed by atoms with Crippen LogP contribution in [0, 0.1) is 11.8 Å². The summed E-state index contributed by atoms with van der Waals surface area (Å²) in [6.07, 6.45) is 1.83. The molecule has 1 amide bonds. The molecule has 1 heterocycles. The van der Waals surface area contributed by atoms with E-state index in [0.29, 0.717) is 42.4 Å². The quantitative estimate of drug-likeness (QED) is 0.545. The Hall–Kier alpha value is -2.09. The molecule has 0 aliphatic carbocycles. The number of methoxy groups -OCH3 is 1. The molecule has 6 nitrogen and oxygen atoms in total. The van der Waals surface area contributed by atoms with Crippen molar-refractivity contribution in [3.8, 4) is 5.75 Å². The van der Waals surface area contributed by atoms with Crippen LogP contribution in [0.2, 0.25) is 5.02 Å². The molecule has 1 saturated heterocycles. The van der Waals surface area contributed by atoms with Gasteiger partial charge >= 0.3 is 0 Å². The predicted molar refractivity (Wildman–Crippen MR) is 132 cm³/mol. The van der Waals surface area contributed by atoms with Crippen LogP contribution in [0.3, 0.4) is 0 Å². The van der Waals surface area contributed by atoms with Crippen LogP contribution < -0.4 is 10.1 Å². The molecule has 1 fully saturated rings. The standard InChI is InChI=1S/C25H33ClN2O4S/c1-18(2)16-24(19-8-10-22(32-3)11-9-19)27-25(29)20-12-14-28(15-13-20)33(30,31)17-21-6-4-5-7-23(21)26/h4-11,18,20,24H,12-17H2,1-3H3,(H,27,29)/t24-/m1/s1. The lowest BCUT2D eigenvalue weighted by atomic mass is 9.93. The number of carbonyl (C=O) groups is 1. The van der Waals surface area contributed by atoms with E-state index in [4.69, 9.17) is 16.3 Å². The highest BCUT2D eigenvalue weighted by Crippen LogP contribution is 2.27. The number of amides is 1. The summed E-state index contributed by atoms with van der Waals surface area (Å²) in [5.74, 6) is 0.842. The molecule has 180 valence electrons. The molecule has 0 saturated carbocycles. The highest BCUT2D eigenvalue weighted by Gasteiger charge is 2.32. The number of nitrogens with one attached hydrogen (secondary N) is 1. The van der Waals surface area contributed by atoms with Gasteiger partial charge in [0, 0.05) is 24.0 Å². The number of carbonyl (C=O) groups excluding carboxylic acids is 1. The summed E-state index contributed by atoms with van der Waals surface area (Å²) in [5, 5.41) is 3.66. The molecule has 0 bridgehead atoms. The van der Waals surface area contributed by atoms with Gasteiger partial charge < -0.3 is 10.1 Å².